The van der Waals surface area contributed by atoms with E-state index in [0.717, 1.165) is 18.4 Å². The van der Waals surface area contributed by atoms with Crippen LogP contribution in [0, 0.1) is 0 Å². The minimum atomic E-state index is -3.49. The van der Waals surface area contributed by atoms with Crippen LogP contribution in [-0.2, 0) is 10.2 Å². The number of unbranched alkanes of at least 4 members (excludes halogenated alkanes) is 1. The van der Waals surface area contributed by atoms with Crippen molar-refractivity contribution in [2.45, 2.75) is 43.4 Å². The van der Waals surface area contributed by atoms with Crippen molar-refractivity contribution in [2.24, 2.45) is 4.40 Å². The molecule has 0 spiro atoms. The standard InChI is InChI=1S/C22H24N2O4S/c1-3-4-13-22(2)15-10-6-5-9-14(15)19(25)18(20(22)26)21-23-16-11-7-8-12-17(16)29(27,28)24-21/h5-12,25,27-28H,3-4,13H2,1-2H3,(H,23,24). The third-order valence-corrected chi connectivity index (χ3v) is 7.05. The lowest BCUT2D eigenvalue weighted by atomic mass is 9.67. The van der Waals surface area contributed by atoms with Gasteiger partial charge in [-0.25, -0.2) is 0 Å². The maximum atomic E-state index is 13.7. The van der Waals surface area contributed by atoms with E-state index in [1.807, 2.05) is 25.1 Å². The van der Waals surface area contributed by atoms with Crippen LogP contribution >= 0.6 is 10.8 Å². The summed E-state index contributed by atoms with van der Waals surface area (Å²) in [4.78, 5) is 13.9. The summed E-state index contributed by atoms with van der Waals surface area (Å²) in [5, 5.41) is 14.0. The topological polar surface area (TPSA) is 102 Å². The van der Waals surface area contributed by atoms with E-state index in [-0.39, 0.29) is 27.8 Å². The van der Waals surface area contributed by atoms with Gasteiger partial charge < -0.3 is 10.4 Å². The minimum Gasteiger partial charge on any atom is -0.506 e. The first-order chi connectivity index (χ1) is 13.8. The van der Waals surface area contributed by atoms with Gasteiger partial charge in [-0.2, -0.15) is 0 Å². The van der Waals surface area contributed by atoms with Gasteiger partial charge in [0.05, 0.1) is 11.1 Å². The molecule has 1 aliphatic carbocycles. The Balaban J connectivity index is 1.90. The Kier molecular flexibility index (Phi) is 4.77. The SMILES string of the molecule is CCCCC1(C)C(=O)C(C2=NS(O)(O)c3ccccc3N2)=C(O)c2ccccc21. The lowest BCUT2D eigenvalue weighted by molar-refractivity contribution is -0.120. The van der Waals surface area contributed by atoms with Crippen molar-refractivity contribution in [2.75, 3.05) is 5.32 Å². The van der Waals surface area contributed by atoms with Crippen LogP contribution in [0.5, 0.6) is 0 Å². The number of amidine groups is 1. The Morgan fingerprint density at radius 3 is 2.55 bits per heavy atom. The molecule has 2 aromatic carbocycles. The molecule has 29 heavy (non-hydrogen) atoms. The fraction of sp³-hybridized carbons (Fsp3) is 0.273. The van der Waals surface area contributed by atoms with E-state index >= 15 is 0 Å². The van der Waals surface area contributed by atoms with Crippen LogP contribution in [0.4, 0.5) is 5.69 Å². The summed E-state index contributed by atoms with van der Waals surface area (Å²) in [5.74, 6) is -0.480. The Hall–Kier alpha value is -2.61. The molecular weight excluding hydrogens is 388 g/mol. The molecule has 2 aromatic rings. The fourth-order valence-corrected chi connectivity index (χ4v) is 5.22. The molecule has 4 rings (SSSR count). The molecule has 6 nitrogen and oxygen atoms in total. The number of benzene rings is 2. The molecule has 1 unspecified atom stereocenters. The normalized spacial score (nSPS) is 23.6. The summed E-state index contributed by atoms with van der Waals surface area (Å²) in [6.45, 7) is 3.95. The third-order valence-electron chi connectivity index (χ3n) is 5.66. The minimum absolute atomic E-state index is 0.00298. The van der Waals surface area contributed by atoms with E-state index in [0.29, 0.717) is 17.7 Å². The zero-order valence-corrected chi connectivity index (χ0v) is 17.2. The summed E-state index contributed by atoms with van der Waals surface area (Å²) >= 11 is 0. The summed E-state index contributed by atoms with van der Waals surface area (Å²) in [6, 6.07) is 14.0. The molecule has 0 radical (unpaired) electrons. The number of rotatable bonds is 4. The maximum Gasteiger partial charge on any atom is 0.180 e. The van der Waals surface area contributed by atoms with E-state index in [9.17, 15) is 19.0 Å². The van der Waals surface area contributed by atoms with E-state index < -0.39 is 16.2 Å². The van der Waals surface area contributed by atoms with Gasteiger partial charge in [0.25, 0.3) is 0 Å². The molecule has 0 saturated heterocycles. The molecule has 2 aliphatic rings. The van der Waals surface area contributed by atoms with Gasteiger partial charge in [0.15, 0.2) is 11.6 Å². The number of Topliss-reactive ketones (excluding diaryl/α,β-unsaturated/α-hetero) is 1. The van der Waals surface area contributed by atoms with E-state index in [1.54, 1.807) is 30.3 Å². The third kappa shape index (κ3) is 3.06. The van der Waals surface area contributed by atoms with Gasteiger partial charge >= 0.3 is 0 Å². The number of anilines is 1. The van der Waals surface area contributed by atoms with Crippen molar-refractivity contribution < 1.29 is 19.0 Å². The highest BCUT2D eigenvalue weighted by molar-refractivity contribution is 8.23. The second kappa shape index (κ2) is 7.02. The average Bonchev–Trinajstić information content (AvgIpc) is 2.71. The second-order valence-electron chi connectivity index (χ2n) is 7.61. The Labute approximate surface area is 171 Å². The van der Waals surface area contributed by atoms with Gasteiger partial charge in [0.2, 0.25) is 0 Å². The second-order valence-corrected chi connectivity index (χ2v) is 9.27. The summed E-state index contributed by atoms with van der Waals surface area (Å²) in [5.41, 5.74) is 0.971. The highest BCUT2D eigenvalue weighted by atomic mass is 32.3. The van der Waals surface area contributed by atoms with Crippen LogP contribution in [0.25, 0.3) is 5.76 Å². The number of nitrogens with zero attached hydrogens (tertiary/aromatic N) is 1. The predicted octanol–water partition coefficient (Wildman–Crippen LogP) is 5.54. The summed E-state index contributed by atoms with van der Waals surface area (Å²) in [6.07, 6.45) is 2.40. The molecule has 0 amide bonds. The Bertz CT molecular complexity index is 1060. The van der Waals surface area contributed by atoms with Crippen LogP contribution in [0.15, 0.2) is 63.4 Å². The van der Waals surface area contributed by atoms with Crippen molar-refractivity contribution in [3.63, 3.8) is 0 Å². The number of fused-ring (bicyclic) bond motifs is 2. The Morgan fingerprint density at radius 1 is 1.10 bits per heavy atom. The lowest BCUT2D eigenvalue weighted by Gasteiger charge is -2.38. The molecular formula is C22H24N2O4S. The number of carbonyl (C=O) groups is 1. The zero-order valence-electron chi connectivity index (χ0n) is 16.3. The van der Waals surface area contributed by atoms with Crippen LogP contribution in [-0.4, -0.2) is 25.8 Å². The van der Waals surface area contributed by atoms with Crippen molar-refractivity contribution in [1.29, 1.82) is 0 Å². The van der Waals surface area contributed by atoms with Gasteiger partial charge in [0.1, 0.15) is 16.2 Å². The van der Waals surface area contributed by atoms with Gasteiger partial charge in [-0.1, -0.05) is 66.9 Å². The first-order valence-electron chi connectivity index (χ1n) is 9.62. The van der Waals surface area contributed by atoms with Crippen molar-refractivity contribution >= 4 is 33.8 Å². The summed E-state index contributed by atoms with van der Waals surface area (Å²) < 4.78 is 25.2. The molecule has 152 valence electrons. The molecule has 0 aromatic heterocycles. The molecule has 0 bridgehead atoms. The van der Waals surface area contributed by atoms with Crippen LogP contribution in [0.2, 0.25) is 0 Å². The molecule has 1 atom stereocenters. The highest BCUT2D eigenvalue weighted by Crippen LogP contribution is 2.56. The number of aliphatic hydroxyl groups excluding tert-OH is 1. The van der Waals surface area contributed by atoms with E-state index in [4.69, 9.17) is 0 Å². The van der Waals surface area contributed by atoms with E-state index in [1.165, 1.54) is 0 Å². The quantitative estimate of drug-likeness (QED) is 0.528. The number of carbonyl (C=O) groups excluding carboxylic acids is 1. The van der Waals surface area contributed by atoms with Gasteiger partial charge in [-0.3, -0.25) is 13.9 Å². The number of hydrogen-bond donors (Lipinski definition) is 4. The first kappa shape index (κ1) is 19.7. The van der Waals surface area contributed by atoms with Crippen molar-refractivity contribution in [1.82, 2.24) is 0 Å². The maximum absolute atomic E-state index is 13.7. The monoisotopic (exact) mass is 412 g/mol. The highest BCUT2D eigenvalue weighted by Gasteiger charge is 2.46. The number of para-hydroxylation sites is 1. The number of aliphatic hydroxyl groups is 1. The smallest absolute Gasteiger partial charge is 0.180 e. The van der Waals surface area contributed by atoms with Crippen LogP contribution in [0.3, 0.4) is 0 Å². The molecule has 0 saturated carbocycles. The number of nitrogens with one attached hydrogen (secondary N) is 1. The largest absolute Gasteiger partial charge is 0.506 e. The lowest BCUT2D eigenvalue weighted by Crippen LogP contribution is -2.42. The van der Waals surface area contributed by atoms with Crippen LogP contribution < -0.4 is 5.32 Å². The molecule has 1 aliphatic heterocycles. The number of hydrogen-bond acceptors (Lipinski definition) is 6. The zero-order chi connectivity index (χ0) is 20.8. The average molecular weight is 413 g/mol. The molecule has 0 fully saturated rings. The summed E-state index contributed by atoms with van der Waals surface area (Å²) in [7, 11) is -3.49. The predicted molar refractivity (Wildman–Crippen MR) is 116 cm³/mol. The Morgan fingerprint density at radius 2 is 1.79 bits per heavy atom. The molecule has 4 N–H and O–H groups in total. The van der Waals surface area contributed by atoms with Gasteiger partial charge in [-0.05, 0) is 31.0 Å². The van der Waals surface area contributed by atoms with Gasteiger partial charge in [-0.15, -0.1) is 4.40 Å². The van der Waals surface area contributed by atoms with Crippen molar-refractivity contribution in [3.05, 3.63) is 65.2 Å². The fourth-order valence-electron chi connectivity index (χ4n) is 4.05. The molecule has 1 heterocycles. The van der Waals surface area contributed by atoms with E-state index in [2.05, 4.69) is 16.6 Å². The van der Waals surface area contributed by atoms with Crippen molar-refractivity contribution in [3.8, 4) is 0 Å². The number of ketones is 1. The molecule has 7 heteroatoms. The van der Waals surface area contributed by atoms with Crippen LogP contribution in [0.1, 0.15) is 44.2 Å². The van der Waals surface area contributed by atoms with Gasteiger partial charge in [0, 0.05) is 5.56 Å². The first-order valence-corrected chi connectivity index (χ1v) is 11.1.